The van der Waals surface area contributed by atoms with Gasteiger partial charge in [0.15, 0.2) is 0 Å². The van der Waals surface area contributed by atoms with E-state index in [0.29, 0.717) is 11.9 Å². The highest BCUT2D eigenvalue weighted by Gasteiger charge is 2.14. The molecule has 4 rings (SSSR count). The van der Waals surface area contributed by atoms with Crippen LogP contribution in [0.25, 0.3) is 22.2 Å². The molecule has 1 saturated carbocycles. The van der Waals surface area contributed by atoms with E-state index in [-0.39, 0.29) is 0 Å². The molecule has 0 amide bonds. The second-order valence-electron chi connectivity index (χ2n) is 7.54. The predicted molar refractivity (Wildman–Crippen MR) is 120 cm³/mol. The lowest BCUT2D eigenvalue weighted by molar-refractivity contribution is 0.500. The summed E-state index contributed by atoms with van der Waals surface area (Å²) in [6.45, 7) is 8.12. The molecule has 0 spiro atoms. The minimum absolute atomic E-state index is 0.460. The fourth-order valence-electron chi connectivity index (χ4n) is 3.96. The Balaban J connectivity index is 1.61. The number of hydrogen-bond acceptors (Lipinski definition) is 4. The second-order valence-corrected chi connectivity index (χ2v) is 7.54. The molecule has 0 bridgehead atoms. The van der Waals surface area contributed by atoms with Gasteiger partial charge in [0.2, 0.25) is 0 Å². The highest BCUT2D eigenvalue weighted by atomic mass is 15.1. The number of H-pyrrole nitrogens is 1. The van der Waals surface area contributed by atoms with Gasteiger partial charge in [0, 0.05) is 52.9 Å². The maximum Gasteiger partial charge on any atom is 0.137 e. The van der Waals surface area contributed by atoms with Crippen LogP contribution in [0.5, 0.6) is 0 Å². The van der Waals surface area contributed by atoms with E-state index in [1.807, 2.05) is 30.7 Å². The molecule has 5 heteroatoms. The van der Waals surface area contributed by atoms with E-state index in [4.69, 9.17) is 4.99 Å². The Labute approximate surface area is 171 Å². The van der Waals surface area contributed by atoms with Gasteiger partial charge >= 0.3 is 0 Å². The molecule has 2 N–H and O–H groups in total. The van der Waals surface area contributed by atoms with Crippen LogP contribution in [0, 0.1) is 0 Å². The third-order valence-corrected chi connectivity index (χ3v) is 5.48. The molecule has 148 valence electrons. The summed E-state index contributed by atoms with van der Waals surface area (Å²) in [6, 6.07) is 6.54. The van der Waals surface area contributed by atoms with Crippen molar-refractivity contribution in [2.75, 3.05) is 0 Å². The Morgan fingerprint density at radius 3 is 2.72 bits per heavy atom. The molecule has 1 aliphatic rings. The van der Waals surface area contributed by atoms with Gasteiger partial charge in [0.25, 0.3) is 0 Å². The van der Waals surface area contributed by atoms with Gasteiger partial charge < -0.3 is 10.3 Å². The molecule has 0 radical (unpaired) electrons. The molecule has 0 aromatic carbocycles. The first kappa shape index (κ1) is 19.1. The molecule has 5 nitrogen and oxygen atoms in total. The monoisotopic (exact) mass is 385 g/mol. The fraction of sp³-hybridized carbons (Fsp3) is 0.292. The molecule has 3 aromatic rings. The Kier molecular flexibility index (Phi) is 5.84. The average Bonchev–Trinajstić information content (AvgIpc) is 3.00. The summed E-state index contributed by atoms with van der Waals surface area (Å²) in [7, 11) is 0. The number of aliphatic imine (C=N–C) groups is 1. The van der Waals surface area contributed by atoms with Crippen molar-refractivity contribution in [1.29, 1.82) is 0 Å². The van der Waals surface area contributed by atoms with Crippen LogP contribution in [0.4, 0.5) is 0 Å². The fourth-order valence-corrected chi connectivity index (χ4v) is 3.96. The van der Waals surface area contributed by atoms with Crippen LogP contribution in [0.15, 0.2) is 73.0 Å². The number of allylic oxidation sites excluding steroid dienone is 1. The second kappa shape index (κ2) is 8.86. The third-order valence-electron chi connectivity index (χ3n) is 5.48. The zero-order chi connectivity index (χ0) is 20.1. The predicted octanol–water partition coefficient (Wildman–Crippen LogP) is 5.38. The van der Waals surface area contributed by atoms with E-state index in [1.165, 1.54) is 38.5 Å². The van der Waals surface area contributed by atoms with E-state index in [0.717, 1.165) is 33.4 Å². The van der Waals surface area contributed by atoms with Crippen LogP contribution in [-0.2, 0) is 0 Å². The summed E-state index contributed by atoms with van der Waals surface area (Å²) in [4.78, 5) is 16.8. The van der Waals surface area contributed by atoms with Crippen LogP contribution in [0.2, 0.25) is 0 Å². The quantitative estimate of drug-likeness (QED) is 0.442. The van der Waals surface area contributed by atoms with Gasteiger partial charge in [0.05, 0.1) is 5.71 Å². The lowest BCUT2D eigenvalue weighted by atomic mass is 10.1. The maximum atomic E-state index is 4.75. The topological polar surface area (TPSA) is 66.0 Å². The zero-order valence-electron chi connectivity index (χ0n) is 16.7. The Morgan fingerprint density at radius 1 is 1.17 bits per heavy atom. The number of rotatable bonds is 6. The average molecular weight is 386 g/mol. The van der Waals surface area contributed by atoms with Gasteiger partial charge in [-0.2, -0.15) is 0 Å². The Bertz CT molecular complexity index is 1020. The number of pyridine rings is 2. The summed E-state index contributed by atoms with van der Waals surface area (Å²) in [5.74, 6) is 0.692. The molecule has 3 heterocycles. The van der Waals surface area contributed by atoms with Crippen LogP contribution in [-0.4, -0.2) is 26.7 Å². The van der Waals surface area contributed by atoms with E-state index in [2.05, 4.69) is 39.5 Å². The third kappa shape index (κ3) is 4.45. The number of aromatic nitrogens is 3. The van der Waals surface area contributed by atoms with Gasteiger partial charge in [-0.15, -0.1) is 0 Å². The van der Waals surface area contributed by atoms with Crippen molar-refractivity contribution in [3.05, 3.63) is 73.6 Å². The molecule has 0 atom stereocenters. The van der Waals surface area contributed by atoms with Crippen molar-refractivity contribution >= 4 is 16.7 Å². The van der Waals surface area contributed by atoms with Crippen LogP contribution >= 0.6 is 0 Å². The standard InChI is InChI=1S/C24H27N5/c1-3-23(29-17(2)28-20-10-6-4-5-7-11-20)22-16-27-24-21(22)13-19(15-26-24)18-9-8-12-25-14-18/h3,8-9,12-16,20,28H,1-2,4-7,10-11H2,(H,26,27)/b29-23+. The van der Waals surface area contributed by atoms with Gasteiger partial charge in [0.1, 0.15) is 11.5 Å². The molecule has 29 heavy (non-hydrogen) atoms. The summed E-state index contributed by atoms with van der Waals surface area (Å²) < 4.78 is 0. The van der Waals surface area contributed by atoms with E-state index in [9.17, 15) is 0 Å². The van der Waals surface area contributed by atoms with Gasteiger partial charge in [-0.25, -0.2) is 9.98 Å². The van der Waals surface area contributed by atoms with Gasteiger partial charge in [-0.3, -0.25) is 4.98 Å². The highest BCUT2D eigenvalue weighted by molar-refractivity contribution is 6.16. The van der Waals surface area contributed by atoms with E-state index < -0.39 is 0 Å². The first-order chi connectivity index (χ1) is 14.2. The largest absolute Gasteiger partial charge is 0.368 e. The molecule has 0 unspecified atom stereocenters. The van der Waals surface area contributed by atoms with Crippen molar-refractivity contribution in [2.45, 2.75) is 44.6 Å². The Hall–Kier alpha value is -3.21. The number of hydrogen-bond donors (Lipinski definition) is 2. The lowest BCUT2D eigenvalue weighted by Gasteiger charge is -2.17. The van der Waals surface area contributed by atoms with Crippen molar-refractivity contribution in [2.24, 2.45) is 4.99 Å². The molecule has 3 aromatic heterocycles. The molecular formula is C24H27N5. The first-order valence-electron chi connectivity index (χ1n) is 10.3. The SMILES string of the molecule is C=C/C(=N\C(=C)NC1CCCCCC1)c1c[nH]c2ncc(-c3cccnc3)cc12. The summed E-state index contributed by atoms with van der Waals surface area (Å²) >= 11 is 0. The summed E-state index contributed by atoms with van der Waals surface area (Å²) in [5, 5.41) is 4.51. The molecular weight excluding hydrogens is 358 g/mol. The highest BCUT2D eigenvalue weighted by Crippen LogP contribution is 2.25. The number of aromatic amines is 1. The number of fused-ring (bicyclic) bond motifs is 1. The van der Waals surface area contributed by atoms with Crippen LogP contribution in [0.3, 0.4) is 0 Å². The molecule has 0 aliphatic heterocycles. The molecule has 1 fully saturated rings. The number of nitrogens with zero attached hydrogens (tertiary/aromatic N) is 3. The van der Waals surface area contributed by atoms with Crippen LogP contribution < -0.4 is 5.32 Å². The normalized spacial score (nSPS) is 15.8. The number of nitrogens with one attached hydrogen (secondary N) is 2. The molecule has 1 aliphatic carbocycles. The van der Waals surface area contributed by atoms with Gasteiger partial charge in [-0.1, -0.05) is 44.9 Å². The van der Waals surface area contributed by atoms with Crippen LogP contribution in [0.1, 0.15) is 44.1 Å². The zero-order valence-corrected chi connectivity index (χ0v) is 16.7. The minimum Gasteiger partial charge on any atom is -0.368 e. The van der Waals surface area contributed by atoms with Gasteiger partial charge in [-0.05, 0) is 31.1 Å². The van der Waals surface area contributed by atoms with E-state index >= 15 is 0 Å². The molecule has 0 saturated heterocycles. The summed E-state index contributed by atoms with van der Waals surface area (Å²) in [6.07, 6.45) is 16.7. The first-order valence-corrected chi connectivity index (χ1v) is 10.3. The maximum absolute atomic E-state index is 4.75. The van der Waals surface area contributed by atoms with Crippen molar-refractivity contribution in [3.63, 3.8) is 0 Å². The van der Waals surface area contributed by atoms with Crippen molar-refractivity contribution in [3.8, 4) is 11.1 Å². The van der Waals surface area contributed by atoms with E-state index in [1.54, 1.807) is 12.3 Å². The lowest BCUT2D eigenvalue weighted by Crippen LogP contribution is -2.27. The van der Waals surface area contributed by atoms with Crippen molar-refractivity contribution in [1.82, 2.24) is 20.3 Å². The van der Waals surface area contributed by atoms with Crippen molar-refractivity contribution < 1.29 is 0 Å². The summed E-state index contributed by atoms with van der Waals surface area (Å²) in [5.41, 5.74) is 4.63. The smallest absolute Gasteiger partial charge is 0.137 e. The Morgan fingerprint density at radius 2 is 2.00 bits per heavy atom. The minimum atomic E-state index is 0.460.